The lowest BCUT2D eigenvalue weighted by Gasteiger charge is -2.31. The van der Waals surface area contributed by atoms with Crippen LogP contribution in [0.3, 0.4) is 0 Å². The van der Waals surface area contributed by atoms with Crippen LogP contribution in [0.2, 0.25) is 0 Å². The number of ether oxygens (including phenoxy) is 1. The van der Waals surface area contributed by atoms with Crippen molar-refractivity contribution in [2.75, 3.05) is 19.7 Å². The molecule has 0 bridgehead atoms. The molecule has 21 heavy (non-hydrogen) atoms. The van der Waals surface area contributed by atoms with Crippen LogP contribution in [0.1, 0.15) is 34.8 Å². The van der Waals surface area contributed by atoms with Crippen LogP contribution in [-0.2, 0) is 28.9 Å². The third-order valence-corrected chi connectivity index (χ3v) is 5.51. The van der Waals surface area contributed by atoms with Gasteiger partial charge in [0, 0.05) is 24.0 Å². The molecule has 5 nitrogen and oxygen atoms in total. The van der Waals surface area contributed by atoms with Crippen molar-refractivity contribution in [3.05, 3.63) is 15.6 Å². The van der Waals surface area contributed by atoms with Crippen molar-refractivity contribution < 1.29 is 9.53 Å². The van der Waals surface area contributed by atoms with Gasteiger partial charge in [-0.25, -0.2) is 4.98 Å². The van der Waals surface area contributed by atoms with Crippen molar-refractivity contribution in [3.8, 4) is 0 Å². The number of thiazole rings is 1. The number of hydrogen-bond donors (Lipinski definition) is 1. The zero-order valence-electron chi connectivity index (χ0n) is 12.1. The molecule has 1 N–H and O–H groups in total. The monoisotopic (exact) mass is 307 g/mol. The first-order valence-electron chi connectivity index (χ1n) is 7.90. The van der Waals surface area contributed by atoms with Gasteiger partial charge in [0.05, 0.1) is 18.8 Å². The summed E-state index contributed by atoms with van der Waals surface area (Å²) in [5, 5.41) is 4.23. The number of carbonyl (C=O) groups excluding carboxylic acids is 1. The van der Waals surface area contributed by atoms with Gasteiger partial charge in [-0.2, -0.15) is 0 Å². The molecule has 1 aliphatic heterocycles. The van der Waals surface area contributed by atoms with Gasteiger partial charge in [0.25, 0.3) is 5.91 Å². The third kappa shape index (κ3) is 3.12. The molecule has 1 saturated carbocycles. The van der Waals surface area contributed by atoms with E-state index in [1.165, 1.54) is 28.4 Å². The van der Waals surface area contributed by atoms with E-state index in [9.17, 15) is 4.79 Å². The number of nitrogens with one attached hydrogen (secondary N) is 1. The van der Waals surface area contributed by atoms with Gasteiger partial charge in [-0.05, 0) is 32.1 Å². The van der Waals surface area contributed by atoms with Gasteiger partial charge in [0.15, 0.2) is 0 Å². The van der Waals surface area contributed by atoms with Crippen LogP contribution in [0.5, 0.6) is 0 Å². The van der Waals surface area contributed by atoms with Crippen LogP contribution < -0.4 is 5.32 Å². The quantitative estimate of drug-likeness (QED) is 0.905. The number of nitrogens with zero attached hydrogens (tertiary/aromatic N) is 2. The topological polar surface area (TPSA) is 54.5 Å². The SMILES string of the molecule is O=C(NC1CC1)C1CN(Cc2nc3c(s2)CCC3)CCO1. The second kappa shape index (κ2) is 5.66. The molecule has 2 heterocycles. The van der Waals surface area contributed by atoms with Crippen molar-refractivity contribution in [2.45, 2.75) is 50.8 Å². The van der Waals surface area contributed by atoms with E-state index in [1.807, 2.05) is 11.3 Å². The maximum Gasteiger partial charge on any atom is 0.250 e. The maximum atomic E-state index is 12.1. The maximum absolute atomic E-state index is 12.1. The first-order chi connectivity index (χ1) is 10.3. The van der Waals surface area contributed by atoms with E-state index in [0.717, 1.165) is 32.4 Å². The average Bonchev–Trinajstić information content (AvgIpc) is 3.04. The fourth-order valence-corrected chi connectivity index (χ4v) is 4.23. The summed E-state index contributed by atoms with van der Waals surface area (Å²) in [7, 11) is 0. The smallest absolute Gasteiger partial charge is 0.250 e. The van der Waals surface area contributed by atoms with Crippen molar-refractivity contribution in [1.29, 1.82) is 0 Å². The lowest BCUT2D eigenvalue weighted by Crippen LogP contribution is -2.49. The van der Waals surface area contributed by atoms with Crippen LogP contribution in [0.4, 0.5) is 0 Å². The predicted molar refractivity (Wildman–Crippen MR) is 80.3 cm³/mol. The minimum Gasteiger partial charge on any atom is -0.366 e. The number of aromatic nitrogens is 1. The summed E-state index contributed by atoms with van der Waals surface area (Å²) in [6, 6.07) is 0.401. The van der Waals surface area contributed by atoms with Crippen LogP contribution in [0.25, 0.3) is 0 Å². The van der Waals surface area contributed by atoms with Gasteiger partial charge in [-0.3, -0.25) is 9.69 Å². The second-order valence-electron chi connectivity index (χ2n) is 6.21. The molecule has 1 atom stereocenters. The van der Waals surface area contributed by atoms with Crippen molar-refractivity contribution in [2.24, 2.45) is 0 Å². The highest BCUT2D eigenvalue weighted by Crippen LogP contribution is 2.28. The molecule has 3 aliphatic rings. The summed E-state index contributed by atoms with van der Waals surface area (Å²) in [4.78, 5) is 20.6. The number of hydrogen-bond acceptors (Lipinski definition) is 5. The van der Waals surface area contributed by atoms with Crippen LogP contribution >= 0.6 is 11.3 Å². The highest BCUT2D eigenvalue weighted by atomic mass is 32.1. The van der Waals surface area contributed by atoms with Crippen LogP contribution in [-0.4, -0.2) is 47.6 Å². The molecule has 1 aromatic rings. The average molecular weight is 307 g/mol. The Labute approximate surface area is 128 Å². The standard InChI is InChI=1S/C15H21N3O2S/c19-15(16-10-4-5-10)12-8-18(6-7-20-12)9-14-17-11-2-1-3-13(11)21-14/h10,12H,1-9H2,(H,16,19). The van der Waals surface area contributed by atoms with Gasteiger partial charge < -0.3 is 10.1 Å². The van der Waals surface area contributed by atoms with Crippen molar-refractivity contribution in [3.63, 3.8) is 0 Å². The molecular formula is C15H21N3O2S. The van der Waals surface area contributed by atoms with E-state index in [2.05, 4.69) is 10.2 Å². The first-order valence-corrected chi connectivity index (χ1v) is 8.71. The normalized spacial score (nSPS) is 25.8. The summed E-state index contributed by atoms with van der Waals surface area (Å²) in [6.45, 7) is 3.06. The van der Waals surface area contributed by atoms with E-state index in [-0.39, 0.29) is 12.0 Å². The van der Waals surface area contributed by atoms with E-state index >= 15 is 0 Å². The Morgan fingerprint density at radius 3 is 3.14 bits per heavy atom. The molecule has 2 aliphatic carbocycles. The number of aryl methyl sites for hydroxylation is 2. The summed E-state index contributed by atoms with van der Waals surface area (Å²) < 4.78 is 5.63. The summed E-state index contributed by atoms with van der Waals surface area (Å²) >= 11 is 1.85. The largest absolute Gasteiger partial charge is 0.366 e. The minimum absolute atomic E-state index is 0.0591. The molecular weight excluding hydrogens is 286 g/mol. The molecule has 1 amide bonds. The van der Waals surface area contributed by atoms with Crippen molar-refractivity contribution >= 4 is 17.2 Å². The van der Waals surface area contributed by atoms with E-state index in [0.29, 0.717) is 19.2 Å². The molecule has 1 aromatic heterocycles. The van der Waals surface area contributed by atoms with Crippen molar-refractivity contribution in [1.82, 2.24) is 15.2 Å². The fraction of sp³-hybridized carbons (Fsp3) is 0.733. The number of fused-ring (bicyclic) bond motifs is 1. The third-order valence-electron chi connectivity index (χ3n) is 4.37. The molecule has 1 saturated heterocycles. The summed E-state index contributed by atoms with van der Waals surface area (Å²) in [5.74, 6) is 0.0591. The van der Waals surface area contributed by atoms with Gasteiger partial charge in [-0.15, -0.1) is 11.3 Å². The molecule has 2 fully saturated rings. The van der Waals surface area contributed by atoms with Gasteiger partial charge in [0.2, 0.25) is 0 Å². The van der Waals surface area contributed by atoms with Gasteiger partial charge >= 0.3 is 0 Å². The van der Waals surface area contributed by atoms with Crippen LogP contribution in [0, 0.1) is 0 Å². The Morgan fingerprint density at radius 2 is 2.33 bits per heavy atom. The molecule has 114 valence electrons. The lowest BCUT2D eigenvalue weighted by atomic mass is 10.2. The number of morpholine rings is 1. The zero-order valence-corrected chi connectivity index (χ0v) is 13.0. The molecule has 1 unspecified atom stereocenters. The second-order valence-corrected chi connectivity index (χ2v) is 7.38. The minimum atomic E-state index is -0.314. The Balaban J connectivity index is 1.34. The van der Waals surface area contributed by atoms with Gasteiger partial charge in [0.1, 0.15) is 11.1 Å². The molecule has 0 spiro atoms. The Morgan fingerprint density at radius 1 is 1.43 bits per heavy atom. The van der Waals surface area contributed by atoms with Gasteiger partial charge in [-0.1, -0.05) is 0 Å². The van der Waals surface area contributed by atoms with E-state index in [1.54, 1.807) is 0 Å². The Kier molecular flexibility index (Phi) is 3.69. The number of rotatable bonds is 4. The highest BCUT2D eigenvalue weighted by Gasteiger charge is 2.31. The lowest BCUT2D eigenvalue weighted by molar-refractivity contribution is -0.138. The molecule has 0 aromatic carbocycles. The van der Waals surface area contributed by atoms with E-state index < -0.39 is 0 Å². The number of carbonyl (C=O) groups is 1. The molecule has 0 radical (unpaired) electrons. The number of amides is 1. The Hall–Kier alpha value is -0.980. The zero-order chi connectivity index (χ0) is 14.2. The molecule has 4 rings (SSSR count). The summed E-state index contributed by atoms with van der Waals surface area (Å²) in [5.41, 5.74) is 1.31. The predicted octanol–water partition coefficient (Wildman–Crippen LogP) is 1.11. The Bertz CT molecular complexity index is 520. The first kappa shape index (κ1) is 13.7. The van der Waals surface area contributed by atoms with E-state index in [4.69, 9.17) is 9.72 Å². The fourth-order valence-electron chi connectivity index (χ4n) is 3.03. The van der Waals surface area contributed by atoms with Crippen LogP contribution in [0.15, 0.2) is 0 Å². The molecule has 6 heteroatoms. The summed E-state index contributed by atoms with van der Waals surface area (Å²) in [6.07, 6.45) is 5.52. The highest BCUT2D eigenvalue weighted by molar-refractivity contribution is 7.11.